The number of carbonyl (C=O) groups is 1. The van der Waals surface area contributed by atoms with Crippen LogP contribution in [0.1, 0.15) is 37.9 Å². The maximum absolute atomic E-state index is 13.3. The summed E-state index contributed by atoms with van der Waals surface area (Å²) in [5.41, 5.74) is 3.21. The van der Waals surface area contributed by atoms with Crippen LogP contribution in [-0.4, -0.2) is 20.9 Å². The highest BCUT2D eigenvalue weighted by Gasteiger charge is 2.19. The molecular formula is C25H24N2O4S. The maximum Gasteiger partial charge on any atom is 0.254 e. The zero-order valence-corrected chi connectivity index (χ0v) is 18.5. The minimum atomic E-state index is -0.0770. The first-order chi connectivity index (χ1) is 15.6. The summed E-state index contributed by atoms with van der Waals surface area (Å²) in [6.07, 6.45) is 1.61. The van der Waals surface area contributed by atoms with E-state index in [1.165, 1.54) is 11.3 Å². The van der Waals surface area contributed by atoms with Crippen LogP contribution in [0.5, 0.6) is 5.75 Å². The number of nitrogens with zero attached hydrogens (tertiary/aromatic N) is 2. The first-order valence-corrected chi connectivity index (χ1v) is 11.1. The number of hydrogen-bond acceptors (Lipinski definition) is 6. The molecule has 0 saturated carbocycles. The van der Waals surface area contributed by atoms with Crippen LogP contribution in [-0.2, 0) is 26.3 Å². The molecule has 1 amide bonds. The zero-order valence-electron chi connectivity index (χ0n) is 17.7. The van der Waals surface area contributed by atoms with E-state index in [1.807, 2.05) is 73.0 Å². The number of hydrogen-bond donors (Lipinski definition) is 1. The smallest absolute Gasteiger partial charge is 0.254 e. The molecule has 0 aliphatic rings. The molecule has 0 atom stereocenters. The zero-order chi connectivity index (χ0) is 22.3. The quantitative estimate of drug-likeness (QED) is 0.392. The van der Waals surface area contributed by atoms with Gasteiger partial charge in [-0.1, -0.05) is 30.3 Å². The van der Waals surface area contributed by atoms with E-state index in [0.29, 0.717) is 36.7 Å². The fourth-order valence-electron chi connectivity index (χ4n) is 3.36. The molecule has 0 saturated heterocycles. The highest BCUT2D eigenvalue weighted by atomic mass is 32.1. The van der Waals surface area contributed by atoms with Gasteiger partial charge in [0, 0.05) is 17.5 Å². The van der Waals surface area contributed by atoms with E-state index >= 15 is 0 Å². The van der Waals surface area contributed by atoms with Crippen molar-refractivity contribution in [1.29, 1.82) is 0 Å². The van der Waals surface area contributed by atoms with Crippen molar-refractivity contribution >= 4 is 17.2 Å². The standard InChI is InChI=1S/C25H24N2O4S/c1-18-6-2-3-10-23(18)25(29)27(14-22-9-5-11-30-22)13-19-7-4-8-21(12-19)31-16-24-26-20(15-28)17-32-24/h2-12,17,28H,13-16H2,1H3. The number of carbonyl (C=O) groups excluding carboxylic acids is 1. The summed E-state index contributed by atoms with van der Waals surface area (Å²) >= 11 is 1.45. The number of rotatable bonds is 9. The van der Waals surface area contributed by atoms with Gasteiger partial charge in [0.2, 0.25) is 0 Å². The molecule has 0 aliphatic heterocycles. The Morgan fingerprint density at radius 1 is 1.12 bits per heavy atom. The van der Waals surface area contributed by atoms with Crippen LogP contribution in [0.4, 0.5) is 0 Å². The Labute approximate surface area is 190 Å². The molecule has 2 aromatic carbocycles. The largest absolute Gasteiger partial charge is 0.486 e. The summed E-state index contributed by atoms with van der Waals surface area (Å²) in [6, 6.07) is 19.0. The van der Waals surface area contributed by atoms with Gasteiger partial charge in [0.1, 0.15) is 23.1 Å². The number of ether oxygens (including phenoxy) is 1. The van der Waals surface area contributed by atoms with Crippen molar-refractivity contribution in [2.45, 2.75) is 33.2 Å². The first-order valence-electron chi connectivity index (χ1n) is 10.3. The Morgan fingerprint density at radius 3 is 2.75 bits per heavy atom. The molecule has 2 aromatic heterocycles. The number of benzene rings is 2. The van der Waals surface area contributed by atoms with Crippen molar-refractivity contribution in [2.75, 3.05) is 0 Å². The lowest BCUT2D eigenvalue weighted by Gasteiger charge is -2.23. The van der Waals surface area contributed by atoms with Crippen LogP contribution in [0.25, 0.3) is 0 Å². The van der Waals surface area contributed by atoms with Crippen LogP contribution in [0.15, 0.2) is 76.7 Å². The Hall–Kier alpha value is -3.42. The lowest BCUT2D eigenvalue weighted by molar-refractivity contribution is 0.0716. The average molecular weight is 449 g/mol. The fraction of sp³-hybridized carbons (Fsp3) is 0.200. The van der Waals surface area contributed by atoms with E-state index in [4.69, 9.17) is 14.3 Å². The van der Waals surface area contributed by atoms with Crippen LogP contribution in [0, 0.1) is 6.92 Å². The molecule has 0 aliphatic carbocycles. The topological polar surface area (TPSA) is 75.8 Å². The van der Waals surface area contributed by atoms with Crippen molar-refractivity contribution in [1.82, 2.24) is 9.88 Å². The van der Waals surface area contributed by atoms with Crippen LogP contribution in [0.3, 0.4) is 0 Å². The van der Waals surface area contributed by atoms with Gasteiger partial charge >= 0.3 is 0 Å². The second-order valence-corrected chi connectivity index (χ2v) is 8.32. The summed E-state index contributed by atoms with van der Waals surface area (Å²) in [5, 5.41) is 11.8. The predicted molar refractivity (Wildman–Crippen MR) is 122 cm³/mol. The second-order valence-electron chi connectivity index (χ2n) is 7.38. The van der Waals surface area contributed by atoms with E-state index in [9.17, 15) is 4.79 Å². The molecule has 2 heterocycles. The molecule has 0 fully saturated rings. The minimum Gasteiger partial charge on any atom is -0.486 e. The average Bonchev–Trinajstić information content (AvgIpc) is 3.49. The maximum atomic E-state index is 13.3. The van der Waals surface area contributed by atoms with Crippen molar-refractivity contribution in [3.63, 3.8) is 0 Å². The SMILES string of the molecule is Cc1ccccc1C(=O)N(Cc1cccc(OCc2nc(CO)cs2)c1)Cc1ccco1. The van der Waals surface area contributed by atoms with Gasteiger partial charge in [0.05, 0.1) is 25.1 Å². The third-order valence-corrected chi connectivity index (χ3v) is 5.86. The van der Waals surface area contributed by atoms with Gasteiger partial charge in [-0.25, -0.2) is 4.98 Å². The van der Waals surface area contributed by atoms with Crippen molar-refractivity contribution in [3.8, 4) is 5.75 Å². The summed E-state index contributed by atoms with van der Waals surface area (Å²) in [4.78, 5) is 19.4. The van der Waals surface area contributed by atoms with Crippen LogP contribution in [0.2, 0.25) is 0 Å². The third-order valence-electron chi connectivity index (χ3n) is 4.98. The number of amides is 1. The van der Waals surface area contributed by atoms with Crippen molar-refractivity contribution < 1.29 is 19.1 Å². The molecule has 7 heteroatoms. The molecule has 32 heavy (non-hydrogen) atoms. The Balaban J connectivity index is 1.50. The van der Waals surface area contributed by atoms with Gasteiger partial charge < -0.3 is 19.2 Å². The minimum absolute atomic E-state index is 0.0508. The van der Waals surface area contributed by atoms with Gasteiger partial charge in [0.25, 0.3) is 5.91 Å². The fourth-order valence-corrected chi connectivity index (χ4v) is 4.06. The lowest BCUT2D eigenvalue weighted by atomic mass is 10.1. The second kappa shape index (κ2) is 10.3. The number of aromatic nitrogens is 1. The number of aryl methyl sites for hydroxylation is 1. The summed E-state index contributed by atoms with van der Waals surface area (Å²) in [5.74, 6) is 1.37. The molecule has 0 radical (unpaired) electrons. The van der Waals surface area contributed by atoms with E-state index in [2.05, 4.69) is 4.98 Å². The normalized spacial score (nSPS) is 10.8. The van der Waals surface area contributed by atoms with Crippen LogP contribution < -0.4 is 4.74 Å². The Bertz CT molecular complexity index is 1170. The molecule has 6 nitrogen and oxygen atoms in total. The lowest BCUT2D eigenvalue weighted by Crippen LogP contribution is -2.30. The number of furan rings is 1. The molecule has 4 aromatic rings. The van der Waals surface area contributed by atoms with Gasteiger partial charge in [-0.05, 0) is 48.4 Å². The summed E-state index contributed by atoms with van der Waals surface area (Å²) in [6.45, 7) is 2.97. The van der Waals surface area contributed by atoms with Crippen molar-refractivity contribution in [3.05, 3.63) is 105 Å². The number of aliphatic hydroxyl groups is 1. The molecule has 1 N–H and O–H groups in total. The monoisotopic (exact) mass is 448 g/mol. The highest BCUT2D eigenvalue weighted by molar-refractivity contribution is 7.09. The molecule has 0 bridgehead atoms. The van der Waals surface area contributed by atoms with Gasteiger partial charge in [-0.15, -0.1) is 11.3 Å². The van der Waals surface area contributed by atoms with Gasteiger partial charge in [-0.2, -0.15) is 0 Å². The van der Waals surface area contributed by atoms with Crippen LogP contribution >= 0.6 is 11.3 Å². The molecule has 0 unspecified atom stereocenters. The van der Waals surface area contributed by atoms with E-state index in [-0.39, 0.29) is 12.5 Å². The number of aliphatic hydroxyl groups excluding tert-OH is 1. The Morgan fingerprint density at radius 2 is 2.00 bits per heavy atom. The third kappa shape index (κ3) is 5.43. The van der Waals surface area contributed by atoms with E-state index < -0.39 is 0 Å². The van der Waals surface area contributed by atoms with E-state index in [1.54, 1.807) is 11.2 Å². The predicted octanol–water partition coefficient (Wildman–Crippen LogP) is 4.96. The number of thiazole rings is 1. The van der Waals surface area contributed by atoms with Gasteiger partial charge in [-0.3, -0.25) is 4.79 Å². The van der Waals surface area contributed by atoms with Gasteiger partial charge in [0.15, 0.2) is 0 Å². The molecule has 0 spiro atoms. The molecule has 164 valence electrons. The molecular weight excluding hydrogens is 424 g/mol. The molecule has 4 rings (SSSR count). The first kappa shape index (κ1) is 21.8. The summed E-state index contributed by atoms with van der Waals surface area (Å²) in [7, 11) is 0. The summed E-state index contributed by atoms with van der Waals surface area (Å²) < 4.78 is 11.4. The highest BCUT2D eigenvalue weighted by Crippen LogP contribution is 2.21. The Kier molecular flexibility index (Phi) is 6.99. The van der Waals surface area contributed by atoms with E-state index in [0.717, 1.165) is 21.9 Å². The van der Waals surface area contributed by atoms with Crippen molar-refractivity contribution in [2.24, 2.45) is 0 Å².